The predicted molar refractivity (Wildman–Crippen MR) is 105 cm³/mol. The van der Waals surface area contributed by atoms with Gasteiger partial charge in [-0.3, -0.25) is 4.79 Å². The number of nitrogens with zero attached hydrogens (tertiary/aromatic N) is 2. The van der Waals surface area contributed by atoms with Crippen LogP contribution in [0.3, 0.4) is 0 Å². The Morgan fingerprint density at radius 2 is 1.79 bits per heavy atom. The molecule has 0 spiro atoms. The van der Waals surface area contributed by atoms with Crippen molar-refractivity contribution in [1.82, 2.24) is 4.31 Å². The van der Waals surface area contributed by atoms with E-state index < -0.39 is 10.0 Å². The van der Waals surface area contributed by atoms with Gasteiger partial charge in [0.05, 0.1) is 18.1 Å². The summed E-state index contributed by atoms with van der Waals surface area (Å²) in [5, 5.41) is 0. The van der Waals surface area contributed by atoms with E-state index in [1.807, 2.05) is 6.92 Å². The number of hydrogen-bond acceptors (Lipinski definition) is 4. The van der Waals surface area contributed by atoms with Gasteiger partial charge >= 0.3 is 0 Å². The zero-order chi connectivity index (χ0) is 20.3. The minimum Gasteiger partial charge on any atom is -0.379 e. The number of carbonyl (C=O) groups excluding carboxylic acids is 1. The molecule has 0 bridgehead atoms. The smallest absolute Gasteiger partial charge is 0.258 e. The quantitative estimate of drug-likeness (QED) is 0.766. The summed E-state index contributed by atoms with van der Waals surface area (Å²) in [4.78, 5) is 14.7. The molecule has 0 atom stereocenters. The number of rotatable bonds is 5. The standard InChI is InChI=1S/C20H23FN2O4S/c1-3-23(17-7-5-16(21)6-8-17)20(24)19-14-18(9-4-15(19)2)28(25,26)22-10-12-27-13-11-22/h4-9,14H,3,10-13H2,1-2H3. The van der Waals surface area contributed by atoms with Crippen molar-refractivity contribution in [3.63, 3.8) is 0 Å². The minimum absolute atomic E-state index is 0.0820. The van der Waals surface area contributed by atoms with Gasteiger partial charge in [-0.15, -0.1) is 0 Å². The second-order valence-electron chi connectivity index (χ2n) is 6.52. The van der Waals surface area contributed by atoms with E-state index in [0.717, 1.165) is 0 Å². The Morgan fingerprint density at radius 3 is 2.39 bits per heavy atom. The highest BCUT2D eigenvalue weighted by Gasteiger charge is 2.28. The molecule has 1 aliphatic rings. The van der Waals surface area contributed by atoms with Gasteiger partial charge in [0.2, 0.25) is 10.0 Å². The molecule has 1 saturated heterocycles. The highest BCUT2D eigenvalue weighted by molar-refractivity contribution is 7.89. The molecule has 2 aromatic carbocycles. The van der Waals surface area contributed by atoms with Gasteiger partial charge in [0.1, 0.15) is 5.82 Å². The molecule has 1 aliphatic heterocycles. The van der Waals surface area contributed by atoms with Crippen LogP contribution in [-0.2, 0) is 14.8 Å². The number of sulfonamides is 1. The lowest BCUT2D eigenvalue weighted by Crippen LogP contribution is -2.40. The van der Waals surface area contributed by atoms with Crippen molar-refractivity contribution in [2.24, 2.45) is 0 Å². The molecule has 0 radical (unpaired) electrons. The van der Waals surface area contributed by atoms with E-state index in [0.29, 0.717) is 36.6 Å². The topological polar surface area (TPSA) is 66.9 Å². The van der Waals surface area contributed by atoms with Gasteiger partial charge in [0, 0.05) is 30.9 Å². The number of hydrogen-bond donors (Lipinski definition) is 0. The van der Waals surface area contributed by atoms with Crippen LogP contribution in [0, 0.1) is 12.7 Å². The van der Waals surface area contributed by atoms with Crippen molar-refractivity contribution in [2.75, 3.05) is 37.7 Å². The highest BCUT2D eigenvalue weighted by atomic mass is 32.2. The third kappa shape index (κ3) is 4.09. The lowest BCUT2D eigenvalue weighted by molar-refractivity contribution is 0.0730. The summed E-state index contributed by atoms with van der Waals surface area (Å²) in [6.45, 7) is 5.22. The first-order valence-electron chi connectivity index (χ1n) is 9.10. The zero-order valence-corrected chi connectivity index (χ0v) is 16.7. The molecule has 6 nitrogen and oxygen atoms in total. The van der Waals surface area contributed by atoms with Crippen LogP contribution in [-0.4, -0.2) is 51.5 Å². The van der Waals surface area contributed by atoms with Crippen LogP contribution >= 0.6 is 0 Å². The van der Waals surface area contributed by atoms with Crippen LogP contribution in [0.4, 0.5) is 10.1 Å². The molecule has 1 amide bonds. The van der Waals surface area contributed by atoms with Crippen molar-refractivity contribution in [2.45, 2.75) is 18.7 Å². The van der Waals surface area contributed by atoms with E-state index in [9.17, 15) is 17.6 Å². The van der Waals surface area contributed by atoms with E-state index in [1.54, 1.807) is 13.0 Å². The molecule has 150 valence electrons. The summed E-state index contributed by atoms with van der Waals surface area (Å²) < 4.78 is 45.7. The first kappa shape index (κ1) is 20.4. The van der Waals surface area contributed by atoms with E-state index in [1.165, 1.54) is 45.6 Å². The molecular formula is C20H23FN2O4S. The summed E-state index contributed by atoms with van der Waals surface area (Å²) in [5.74, 6) is -0.715. The maximum Gasteiger partial charge on any atom is 0.258 e. The largest absolute Gasteiger partial charge is 0.379 e. The Balaban J connectivity index is 1.96. The van der Waals surface area contributed by atoms with Gasteiger partial charge in [-0.25, -0.2) is 12.8 Å². The number of benzene rings is 2. The SMILES string of the molecule is CCN(C(=O)c1cc(S(=O)(=O)N2CCOCC2)ccc1C)c1ccc(F)cc1. The first-order valence-corrected chi connectivity index (χ1v) is 10.5. The van der Waals surface area contributed by atoms with Gasteiger partial charge in [-0.1, -0.05) is 6.07 Å². The van der Waals surface area contributed by atoms with E-state index in [4.69, 9.17) is 4.74 Å². The van der Waals surface area contributed by atoms with Crippen molar-refractivity contribution < 1.29 is 22.3 Å². The molecule has 0 N–H and O–H groups in total. The fraction of sp³-hybridized carbons (Fsp3) is 0.350. The summed E-state index contributed by atoms with van der Waals surface area (Å²) in [6.07, 6.45) is 0. The molecule has 1 heterocycles. The molecule has 0 unspecified atom stereocenters. The number of morpholine rings is 1. The summed E-state index contributed by atoms with van der Waals surface area (Å²) in [6, 6.07) is 10.2. The maximum atomic E-state index is 13.2. The van der Waals surface area contributed by atoms with Crippen molar-refractivity contribution >= 4 is 21.6 Å². The van der Waals surface area contributed by atoms with Crippen molar-refractivity contribution in [1.29, 1.82) is 0 Å². The van der Waals surface area contributed by atoms with Gasteiger partial charge in [-0.2, -0.15) is 4.31 Å². The molecule has 1 fully saturated rings. The third-order valence-corrected chi connectivity index (χ3v) is 6.64. The monoisotopic (exact) mass is 406 g/mol. The fourth-order valence-electron chi connectivity index (χ4n) is 3.14. The Bertz CT molecular complexity index is 955. The molecule has 0 aromatic heterocycles. The van der Waals surface area contributed by atoms with Crippen LogP contribution in [0.2, 0.25) is 0 Å². The predicted octanol–water partition coefficient (Wildman–Crippen LogP) is 2.82. The molecule has 3 rings (SSSR count). The molecule has 8 heteroatoms. The third-order valence-electron chi connectivity index (χ3n) is 4.75. The number of halogens is 1. The Morgan fingerprint density at radius 1 is 1.14 bits per heavy atom. The van der Waals surface area contributed by atoms with E-state index in [-0.39, 0.29) is 29.7 Å². The number of ether oxygens (including phenoxy) is 1. The molecule has 0 aliphatic carbocycles. The van der Waals surface area contributed by atoms with Gasteiger partial charge in [-0.05, 0) is 55.8 Å². The van der Waals surface area contributed by atoms with Crippen LogP contribution in [0.25, 0.3) is 0 Å². The molecular weight excluding hydrogens is 383 g/mol. The highest BCUT2D eigenvalue weighted by Crippen LogP contribution is 2.24. The average molecular weight is 406 g/mol. The second-order valence-corrected chi connectivity index (χ2v) is 8.46. The van der Waals surface area contributed by atoms with Gasteiger partial charge < -0.3 is 9.64 Å². The Kier molecular flexibility index (Phi) is 6.12. The summed E-state index contributed by atoms with van der Waals surface area (Å²) in [5.41, 5.74) is 1.53. The van der Waals surface area contributed by atoms with Gasteiger partial charge in [0.25, 0.3) is 5.91 Å². The Labute approximate surface area is 164 Å². The normalized spacial score (nSPS) is 15.4. The second kappa shape index (κ2) is 8.38. The van der Waals surface area contributed by atoms with Crippen LogP contribution in [0.1, 0.15) is 22.8 Å². The zero-order valence-electron chi connectivity index (χ0n) is 15.9. The molecule has 0 saturated carbocycles. The molecule has 28 heavy (non-hydrogen) atoms. The van der Waals surface area contributed by atoms with Crippen molar-refractivity contribution in [3.05, 3.63) is 59.4 Å². The van der Waals surface area contributed by atoms with E-state index in [2.05, 4.69) is 0 Å². The summed E-state index contributed by atoms with van der Waals surface area (Å²) >= 11 is 0. The van der Waals surface area contributed by atoms with Crippen molar-refractivity contribution in [3.8, 4) is 0 Å². The van der Waals surface area contributed by atoms with Crippen LogP contribution in [0.15, 0.2) is 47.4 Å². The number of anilines is 1. The Hall–Kier alpha value is -2.29. The number of carbonyl (C=O) groups is 1. The first-order chi connectivity index (χ1) is 13.3. The fourth-order valence-corrected chi connectivity index (χ4v) is 4.57. The number of aryl methyl sites for hydroxylation is 1. The van der Waals surface area contributed by atoms with Crippen LogP contribution < -0.4 is 4.90 Å². The minimum atomic E-state index is -3.70. The molecule has 2 aromatic rings. The van der Waals surface area contributed by atoms with E-state index >= 15 is 0 Å². The van der Waals surface area contributed by atoms with Crippen LogP contribution in [0.5, 0.6) is 0 Å². The number of amides is 1. The maximum absolute atomic E-state index is 13.2. The average Bonchev–Trinajstić information content (AvgIpc) is 2.70. The summed E-state index contributed by atoms with van der Waals surface area (Å²) in [7, 11) is -3.70. The lowest BCUT2D eigenvalue weighted by Gasteiger charge is -2.27. The lowest BCUT2D eigenvalue weighted by atomic mass is 10.1. The van der Waals surface area contributed by atoms with Gasteiger partial charge in [0.15, 0.2) is 0 Å².